The Bertz CT molecular complexity index is 528. The van der Waals surface area contributed by atoms with Crippen LogP contribution in [0.2, 0.25) is 0 Å². The van der Waals surface area contributed by atoms with Crippen molar-refractivity contribution in [3.8, 4) is 0 Å². The van der Waals surface area contributed by atoms with Crippen LogP contribution in [0.1, 0.15) is 110 Å². The number of rotatable bonds is 26. The summed E-state index contributed by atoms with van der Waals surface area (Å²) in [5, 5.41) is 2.75. The third kappa shape index (κ3) is 25.3. The Labute approximate surface area is 222 Å². The molecule has 0 aliphatic rings. The summed E-state index contributed by atoms with van der Waals surface area (Å²) < 4.78 is 32.2. The maximum absolute atomic E-state index is 11.8. The lowest BCUT2D eigenvalue weighted by Crippen LogP contribution is -2.32. The molecule has 8 nitrogen and oxygen atoms in total. The van der Waals surface area contributed by atoms with Crippen molar-refractivity contribution in [3.05, 3.63) is 0 Å². The van der Waals surface area contributed by atoms with Gasteiger partial charge in [-0.3, -0.25) is 9.05 Å². The lowest BCUT2D eigenvalue weighted by molar-refractivity contribution is -0.00897. The first-order valence-electron chi connectivity index (χ1n) is 13.6. The number of halogens is 1. The second kappa shape index (κ2) is 25.5. The Kier molecular flexibility index (Phi) is 25.3. The van der Waals surface area contributed by atoms with E-state index in [2.05, 4.69) is 28.2 Å². The summed E-state index contributed by atoms with van der Waals surface area (Å²) in [6.45, 7) is 2.64. The number of alkyl carbamates (subject to hydrolysis) is 1. The number of unbranched alkanes of at least 4 members (excludes halogenated alkanes) is 15. The highest BCUT2D eigenvalue weighted by Gasteiger charge is 2.25. The van der Waals surface area contributed by atoms with E-state index in [-0.39, 0.29) is 19.8 Å². The van der Waals surface area contributed by atoms with Crippen LogP contribution in [0.25, 0.3) is 0 Å². The minimum atomic E-state index is -4.19. The fourth-order valence-corrected chi connectivity index (χ4v) is 4.82. The summed E-state index contributed by atoms with van der Waals surface area (Å²) in [5.41, 5.74) is 0. The minimum absolute atomic E-state index is 0.0322. The zero-order valence-corrected chi connectivity index (χ0v) is 24.6. The van der Waals surface area contributed by atoms with E-state index in [0.29, 0.717) is 11.9 Å². The molecule has 0 aliphatic heterocycles. The second-order valence-electron chi connectivity index (χ2n) is 8.94. The molecule has 0 aromatic carbocycles. The number of carbonyl (C=O) groups excluding carboxylic acids is 1. The molecule has 2 atom stereocenters. The van der Waals surface area contributed by atoms with Gasteiger partial charge in [-0.15, -0.1) is 0 Å². The predicted molar refractivity (Wildman–Crippen MR) is 145 cm³/mol. The molecule has 1 amide bonds. The molecule has 0 bridgehead atoms. The number of amides is 1. The highest BCUT2D eigenvalue weighted by molar-refractivity contribution is 9.09. The van der Waals surface area contributed by atoms with Crippen molar-refractivity contribution in [1.29, 1.82) is 0 Å². The number of hydrogen-bond donors (Lipinski definition) is 2. The third-order valence-corrected chi connectivity index (χ3v) is 6.99. The average molecular weight is 589 g/mol. The van der Waals surface area contributed by atoms with E-state index >= 15 is 0 Å². The van der Waals surface area contributed by atoms with Gasteiger partial charge in [-0.05, 0) is 6.42 Å². The lowest BCUT2D eigenvalue weighted by Gasteiger charge is -2.19. The van der Waals surface area contributed by atoms with E-state index in [1.54, 1.807) is 0 Å². The summed E-state index contributed by atoms with van der Waals surface area (Å²) in [6, 6.07) is 0. The van der Waals surface area contributed by atoms with Crippen LogP contribution >= 0.6 is 23.8 Å². The van der Waals surface area contributed by atoms with Crippen LogP contribution in [0, 0.1) is 0 Å². The van der Waals surface area contributed by atoms with Crippen LogP contribution in [-0.2, 0) is 23.1 Å². The Balaban J connectivity index is 3.66. The van der Waals surface area contributed by atoms with E-state index in [4.69, 9.17) is 18.5 Å². The van der Waals surface area contributed by atoms with Crippen LogP contribution in [0.15, 0.2) is 0 Å². The van der Waals surface area contributed by atoms with Crippen LogP contribution in [0.3, 0.4) is 0 Å². The van der Waals surface area contributed by atoms with Gasteiger partial charge in [0.05, 0.1) is 19.8 Å². The molecule has 10 heteroatoms. The molecular weight excluding hydrogens is 537 g/mol. The molecule has 0 saturated heterocycles. The largest absolute Gasteiger partial charge is 0.472 e. The standard InChI is InChI=1S/C25H51BrNO7P/c1-3-4-5-6-7-8-9-10-11-12-13-14-15-16-17-18-20-31-22-24(34-25(28)27-2)23-33-35(29,30)32-21-19-26/h24H,3-23H2,1-2H3,(H,27,28)(H,29,30). The summed E-state index contributed by atoms with van der Waals surface area (Å²) in [5.74, 6) is 0. The molecule has 0 spiro atoms. The molecule has 210 valence electrons. The van der Waals surface area contributed by atoms with Gasteiger partial charge in [0.1, 0.15) is 0 Å². The zero-order valence-electron chi connectivity index (χ0n) is 22.1. The van der Waals surface area contributed by atoms with E-state index in [0.717, 1.165) is 12.8 Å². The lowest BCUT2D eigenvalue weighted by atomic mass is 10.0. The molecule has 0 aliphatic carbocycles. The van der Waals surface area contributed by atoms with Crippen molar-refractivity contribution in [2.24, 2.45) is 0 Å². The number of ether oxygens (including phenoxy) is 2. The fraction of sp³-hybridized carbons (Fsp3) is 0.960. The van der Waals surface area contributed by atoms with Gasteiger partial charge in [0.15, 0.2) is 6.10 Å². The average Bonchev–Trinajstić information content (AvgIpc) is 2.85. The molecule has 0 radical (unpaired) electrons. The molecule has 0 aromatic rings. The van der Waals surface area contributed by atoms with Crippen molar-refractivity contribution in [2.75, 3.05) is 38.8 Å². The van der Waals surface area contributed by atoms with E-state index in [9.17, 15) is 14.3 Å². The van der Waals surface area contributed by atoms with Gasteiger partial charge >= 0.3 is 13.9 Å². The maximum atomic E-state index is 11.8. The first-order chi connectivity index (χ1) is 16.9. The highest BCUT2D eigenvalue weighted by atomic mass is 79.9. The van der Waals surface area contributed by atoms with Crippen molar-refractivity contribution < 1.29 is 32.8 Å². The highest BCUT2D eigenvalue weighted by Crippen LogP contribution is 2.43. The number of carbonyl (C=O) groups is 1. The molecule has 2 unspecified atom stereocenters. The van der Waals surface area contributed by atoms with Crippen molar-refractivity contribution >= 4 is 29.8 Å². The Morgan fingerprint density at radius 2 is 1.29 bits per heavy atom. The van der Waals surface area contributed by atoms with Gasteiger partial charge in [0, 0.05) is 19.0 Å². The van der Waals surface area contributed by atoms with Gasteiger partial charge in [-0.1, -0.05) is 119 Å². The normalized spacial score (nSPS) is 13.9. The molecule has 0 fully saturated rings. The SMILES string of the molecule is CCCCCCCCCCCCCCCCCCOCC(COP(=O)(O)OCCBr)OC(=O)NC. The first kappa shape index (κ1) is 34.8. The van der Waals surface area contributed by atoms with E-state index in [1.165, 1.54) is 96.9 Å². The van der Waals surface area contributed by atoms with Gasteiger partial charge in [0.2, 0.25) is 0 Å². The summed E-state index contributed by atoms with van der Waals surface area (Å²) in [7, 11) is -2.75. The van der Waals surface area contributed by atoms with Gasteiger partial charge in [-0.2, -0.15) is 0 Å². The van der Waals surface area contributed by atoms with Crippen LogP contribution in [-0.4, -0.2) is 55.9 Å². The number of alkyl halides is 1. The number of phosphoric ester groups is 1. The molecule has 0 aromatic heterocycles. The van der Waals surface area contributed by atoms with Crippen molar-refractivity contribution in [2.45, 2.75) is 116 Å². The van der Waals surface area contributed by atoms with Crippen LogP contribution in [0.4, 0.5) is 4.79 Å². The topological polar surface area (TPSA) is 103 Å². The molecule has 35 heavy (non-hydrogen) atoms. The minimum Gasteiger partial charge on any atom is -0.441 e. The van der Waals surface area contributed by atoms with E-state index in [1.807, 2.05) is 0 Å². The molecule has 2 N–H and O–H groups in total. The second-order valence-corrected chi connectivity index (χ2v) is 11.2. The maximum Gasteiger partial charge on any atom is 0.472 e. The van der Waals surface area contributed by atoms with E-state index < -0.39 is 20.0 Å². The van der Waals surface area contributed by atoms with Crippen LogP contribution < -0.4 is 5.32 Å². The van der Waals surface area contributed by atoms with Gasteiger partial charge < -0.3 is 19.7 Å². The number of nitrogens with one attached hydrogen (secondary N) is 1. The summed E-state index contributed by atoms with van der Waals surface area (Å²) in [4.78, 5) is 21.1. The zero-order chi connectivity index (χ0) is 26.0. The van der Waals surface area contributed by atoms with Crippen molar-refractivity contribution in [1.82, 2.24) is 5.32 Å². The quantitative estimate of drug-likeness (QED) is 0.0612. The summed E-state index contributed by atoms with van der Waals surface area (Å²) >= 11 is 3.11. The fourth-order valence-electron chi connectivity index (χ4n) is 3.66. The molecular formula is C25H51BrNO7P. The summed E-state index contributed by atoms with van der Waals surface area (Å²) in [6.07, 6.45) is 19.5. The molecule has 0 heterocycles. The molecule has 0 rings (SSSR count). The Hall–Kier alpha value is -0.180. The Morgan fingerprint density at radius 3 is 1.74 bits per heavy atom. The number of hydrogen-bond acceptors (Lipinski definition) is 6. The van der Waals surface area contributed by atoms with Gasteiger partial charge in [0.25, 0.3) is 0 Å². The van der Waals surface area contributed by atoms with Gasteiger partial charge in [-0.25, -0.2) is 9.36 Å². The van der Waals surface area contributed by atoms with Crippen LogP contribution in [0.5, 0.6) is 0 Å². The predicted octanol–water partition coefficient (Wildman–Crippen LogP) is 7.52. The third-order valence-electron chi connectivity index (χ3n) is 5.68. The number of phosphoric acid groups is 1. The first-order valence-corrected chi connectivity index (χ1v) is 16.2. The smallest absolute Gasteiger partial charge is 0.441 e. The van der Waals surface area contributed by atoms with Crippen molar-refractivity contribution in [3.63, 3.8) is 0 Å². The molecule has 0 saturated carbocycles. The monoisotopic (exact) mass is 587 g/mol. The Morgan fingerprint density at radius 1 is 0.800 bits per heavy atom.